The van der Waals surface area contributed by atoms with Gasteiger partial charge < -0.3 is 14.9 Å². The lowest BCUT2D eigenvalue weighted by Crippen LogP contribution is -1.97. The summed E-state index contributed by atoms with van der Waals surface area (Å²) in [4.78, 5) is 0. The van der Waals surface area contributed by atoms with Gasteiger partial charge in [-0.3, -0.25) is 0 Å². The first-order chi connectivity index (χ1) is 25.7. The average Bonchev–Trinajstić information content (AvgIpc) is 3.81. The van der Waals surface area contributed by atoms with Crippen LogP contribution in [0.3, 0.4) is 0 Å². The van der Waals surface area contributed by atoms with Gasteiger partial charge in [0.15, 0.2) is 0 Å². The third-order valence-corrected chi connectivity index (χ3v) is 11.1. The first-order valence-electron chi connectivity index (χ1n) is 17.9. The van der Waals surface area contributed by atoms with Crippen LogP contribution in [0.25, 0.3) is 87.9 Å². The van der Waals surface area contributed by atoms with Crippen LogP contribution in [0.1, 0.15) is 11.1 Å². The second kappa shape index (κ2) is 11.1. The topological polar surface area (TPSA) is 35.9 Å². The number of anilines is 1. The smallest absolute Gasteiger partial charge is 0.0547 e. The zero-order valence-corrected chi connectivity index (χ0v) is 28.4. The minimum absolute atomic E-state index is 0.736. The van der Waals surface area contributed by atoms with E-state index in [0.29, 0.717) is 0 Å². The molecule has 10 aromatic rings. The fourth-order valence-corrected chi connectivity index (χ4v) is 8.75. The molecule has 0 atom stereocenters. The summed E-state index contributed by atoms with van der Waals surface area (Å²) in [5.74, 6) is 0. The van der Waals surface area contributed by atoms with Crippen molar-refractivity contribution in [2.45, 2.75) is 6.54 Å². The average molecular weight is 664 g/mol. The van der Waals surface area contributed by atoms with Crippen molar-refractivity contribution in [1.29, 1.82) is 0 Å². The summed E-state index contributed by atoms with van der Waals surface area (Å²) in [6, 6.07) is 61.7. The molecule has 2 aromatic heterocycles. The predicted molar refractivity (Wildman–Crippen MR) is 220 cm³/mol. The summed E-state index contributed by atoms with van der Waals surface area (Å²) in [6.07, 6.45) is 2.36. The minimum atomic E-state index is 0.736. The fraction of sp³-hybridized carbons (Fsp3) is 0.0204. The standard InChI is InChI=1S/C49H33N3/c50-44-19-10-18-39-36-15-6-7-16-37(36)40(49(39)44)25-26-51-45-20-9-8-17-38(45)41-28-33(21-23-46(41)51)34-22-24-47-42(29-34)43-27-31-11-4-5-12-32(31)30-48(43)52(47)35-13-2-1-3-14-35/h1-25,27-30H,26,50H2/b40-25-. The van der Waals surface area contributed by atoms with Crippen molar-refractivity contribution in [1.82, 2.24) is 9.13 Å². The number of rotatable bonds is 4. The van der Waals surface area contributed by atoms with Gasteiger partial charge >= 0.3 is 0 Å². The van der Waals surface area contributed by atoms with E-state index >= 15 is 0 Å². The van der Waals surface area contributed by atoms with Crippen LogP contribution < -0.4 is 5.73 Å². The van der Waals surface area contributed by atoms with Crippen molar-refractivity contribution in [2.75, 3.05) is 5.73 Å². The Balaban J connectivity index is 1.07. The van der Waals surface area contributed by atoms with Gasteiger partial charge in [-0.1, -0.05) is 115 Å². The van der Waals surface area contributed by atoms with Crippen molar-refractivity contribution in [2.24, 2.45) is 0 Å². The van der Waals surface area contributed by atoms with Gasteiger partial charge in [-0.05, 0) is 105 Å². The van der Waals surface area contributed by atoms with E-state index in [2.05, 4.69) is 179 Å². The van der Waals surface area contributed by atoms with Gasteiger partial charge in [-0.2, -0.15) is 0 Å². The van der Waals surface area contributed by atoms with Gasteiger partial charge in [0.2, 0.25) is 0 Å². The Kier molecular flexibility index (Phi) is 6.17. The molecule has 52 heavy (non-hydrogen) atoms. The third kappa shape index (κ3) is 4.20. The van der Waals surface area contributed by atoms with Crippen LogP contribution in [-0.2, 0) is 6.54 Å². The van der Waals surface area contributed by atoms with E-state index < -0.39 is 0 Å². The molecule has 0 spiro atoms. The number of hydrogen-bond donors (Lipinski definition) is 1. The van der Waals surface area contributed by atoms with Gasteiger partial charge in [-0.25, -0.2) is 0 Å². The van der Waals surface area contributed by atoms with Gasteiger partial charge in [0.05, 0.1) is 11.0 Å². The van der Waals surface area contributed by atoms with E-state index in [-0.39, 0.29) is 0 Å². The van der Waals surface area contributed by atoms with E-state index in [4.69, 9.17) is 5.73 Å². The molecule has 0 saturated heterocycles. The highest BCUT2D eigenvalue weighted by Gasteiger charge is 2.25. The maximum Gasteiger partial charge on any atom is 0.0547 e. The summed E-state index contributed by atoms with van der Waals surface area (Å²) in [5.41, 5.74) is 22.0. The third-order valence-electron chi connectivity index (χ3n) is 11.1. The molecule has 0 radical (unpaired) electrons. The Morgan fingerprint density at radius 1 is 0.442 bits per heavy atom. The number of aromatic nitrogens is 2. The SMILES string of the molecule is Nc1cccc2c1/C(=C\Cn1c3ccccc3c3cc(-c4ccc5c(c4)c4cc6ccccc6cc4n5-c4ccccc4)ccc31)c1ccccc1-2. The second-order valence-electron chi connectivity index (χ2n) is 13.9. The lowest BCUT2D eigenvalue weighted by atomic mass is 10.00. The van der Waals surface area contributed by atoms with Crippen molar-refractivity contribution >= 4 is 65.6 Å². The normalized spacial score (nSPS) is 13.2. The van der Waals surface area contributed by atoms with Crippen LogP contribution in [0.4, 0.5) is 5.69 Å². The zero-order valence-electron chi connectivity index (χ0n) is 28.4. The molecule has 2 heterocycles. The lowest BCUT2D eigenvalue weighted by molar-refractivity contribution is 0.900. The molecule has 1 aliphatic rings. The Labute approximate surface area is 301 Å². The number of para-hydroxylation sites is 2. The van der Waals surface area contributed by atoms with Crippen molar-refractivity contribution in [3.63, 3.8) is 0 Å². The number of allylic oxidation sites excluding steroid dienone is 1. The number of benzene rings is 8. The van der Waals surface area contributed by atoms with Crippen molar-refractivity contribution in [3.05, 3.63) is 187 Å². The molecule has 1 aliphatic carbocycles. The molecule has 3 nitrogen and oxygen atoms in total. The number of nitrogens with two attached hydrogens (primary N) is 1. The highest BCUT2D eigenvalue weighted by atomic mass is 15.0. The Bertz CT molecular complexity index is 3100. The summed E-state index contributed by atoms with van der Waals surface area (Å²) in [6.45, 7) is 0.736. The van der Waals surface area contributed by atoms with Crippen LogP contribution in [0.15, 0.2) is 176 Å². The quantitative estimate of drug-likeness (QED) is 0.187. The zero-order chi connectivity index (χ0) is 34.3. The Hall–Kier alpha value is -6.84. The van der Waals surface area contributed by atoms with Gasteiger partial charge in [-0.15, -0.1) is 0 Å². The molecule has 244 valence electrons. The van der Waals surface area contributed by atoms with Gasteiger partial charge in [0.1, 0.15) is 0 Å². The molecule has 3 heteroatoms. The van der Waals surface area contributed by atoms with E-state index in [0.717, 1.165) is 17.8 Å². The van der Waals surface area contributed by atoms with E-state index in [9.17, 15) is 0 Å². The van der Waals surface area contributed by atoms with Crippen LogP contribution in [0.2, 0.25) is 0 Å². The molecule has 0 bridgehead atoms. The number of hydrogen-bond acceptors (Lipinski definition) is 1. The molecular formula is C49H33N3. The number of nitrogen functional groups attached to an aromatic ring is 1. The van der Waals surface area contributed by atoms with E-state index in [1.54, 1.807) is 0 Å². The Morgan fingerprint density at radius 2 is 1.06 bits per heavy atom. The molecule has 2 N–H and O–H groups in total. The van der Waals surface area contributed by atoms with E-state index in [1.807, 2.05) is 6.07 Å². The maximum absolute atomic E-state index is 6.62. The molecule has 0 aliphatic heterocycles. The summed E-state index contributed by atoms with van der Waals surface area (Å²) in [7, 11) is 0. The molecule has 0 amide bonds. The maximum atomic E-state index is 6.62. The molecule has 11 rings (SSSR count). The summed E-state index contributed by atoms with van der Waals surface area (Å²) in [5, 5.41) is 7.55. The van der Waals surface area contributed by atoms with Crippen LogP contribution in [-0.4, -0.2) is 9.13 Å². The first-order valence-corrected chi connectivity index (χ1v) is 17.9. The molecule has 0 fully saturated rings. The first kappa shape index (κ1) is 28.9. The molecule has 8 aromatic carbocycles. The van der Waals surface area contributed by atoms with E-state index in [1.165, 1.54) is 93.5 Å². The predicted octanol–water partition coefficient (Wildman–Crippen LogP) is 12.4. The van der Waals surface area contributed by atoms with Gasteiger partial charge in [0.25, 0.3) is 0 Å². The van der Waals surface area contributed by atoms with Crippen molar-refractivity contribution in [3.8, 4) is 27.9 Å². The highest BCUT2D eigenvalue weighted by Crippen LogP contribution is 2.47. The summed E-state index contributed by atoms with van der Waals surface area (Å²) < 4.78 is 4.85. The van der Waals surface area contributed by atoms with Crippen LogP contribution in [0, 0.1) is 0 Å². The summed E-state index contributed by atoms with van der Waals surface area (Å²) >= 11 is 0. The molecular weight excluding hydrogens is 631 g/mol. The van der Waals surface area contributed by atoms with Crippen LogP contribution in [0.5, 0.6) is 0 Å². The van der Waals surface area contributed by atoms with Gasteiger partial charge in [0, 0.05) is 56.1 Å². The number of nitrogens with zero attached hydrogens (tertiary/aromatic N) is 2. The molecule has 0 unspecified atom stereocenters. The largest absolute Gasteiger partial charge is 0.398 e. The van der Waals surface area contributed by atoms with Crippen LogP contribution >= 0.6 is 0 Å². The second-order valence-corrected chi connectivity index (χ2v) is 13.9. The Morgan fingerprint density at radius 3 is 1.88 bits per heavy atom. The van der Waals surface area contributed by atoms with Crippen molar-refractivity contribution < 1.29 is 0 Å². The fourth-order valence-electron chi connectivity index (χ4n) is 8.75. The monoisotopic (exact) mass is 663 g/mol. The molecule has 0 saturated carbocycles. The minimum Gasteiger partial charge on any atom is -0.398 e. The number of fused-ring (bicyclic) bond motifs is 10. The highest BCUT2D eigenvalue weighted by molar-refractivity contribution is 6.15. The lowest BCUT2D eigenvalue weighted by Gasteiger charge is -2.10.